The number of hydrogen-bond donors (Lipinski definition) is 1. The van der Waals surface area contributed by atoms with E-state index in [1.165, 1.54) is 5.56 Å². The summed E-state index contributed by atoms with van der Waals surface area (Å²) < 4.78 is 5.43. The highest BCUT2D eigenvalue weighted by Gasteiger charge is 2.04. The smallest absolute Gasteiger partial charge is 0.250 e. The molecule has 0 atom stereocenters. The highest BCUT2D eigenvalue weighted by Crippen LogP contribution is 2.11. The van der Waals surface area contributed by atoms with Crippen molar-refractivity contribution in [2.75, 3.05) is 5.75 Å². The maximum atomic E-state index is 11.7. The maximum Gasteiger partial charge on any atom is 0.250 e. The fourth-order valence-corrected chi connectivity index (χ4v) is 2.48. The molecule has 2 aromatic rings. The number of rotatable bonds is 6. The van der Waals surface area contributed by atoms with E-state index in [0.29, 0.717) is 17.2 Å². The molecule has 1 amide bonds. The Morgan fingerprint density at radius 3 is 2.67 bits per heavy atom. The van der Waals surface area contributed by atoms with E-state index in [1.807, 2.05) is 49.4 Å². The van der Waals surface area contributed by atoms with Gasteiger partial charge in [-0.1, -0.05) is 30.3 Å². The molecule has 0 unspecified atom stereocenters. The molecule has 0 spiro atoms. The fourth-order valence-electron chi connectivity index (χ4n) is 1.70. The van der Waals surface area contributed by atoms with Gasteiger partial charge in [0.05, 0.1) is 5.75 Å². The van der Waals surface area contributed by atoms with Crippen LogP contribution in [-0.4, -0.2) is 17.4 Å². The van der Waals surface area contributed by atoms with E-state index in [-0.39, 0.29) is 5.91 Å². The lowest BCUT2D eigenvalue weighted by Crippen LogP contribution is -2.21. The lowest BCUT2D eigenvalue weighted by Gasteiger charge is -2.02. The molecular formula is C16H18N2O2S. The van der Waals surface area contributed by atoms with Crippen molar-refractivity contribution < 1.29 is 9.21 Å². The van der Waals surface area contributed by atoms with E-state index < -0.39 is 0 Å². The third-order valence-electron chi connectivity index (χ3n) is 2.79. The molecule has 110 valence electrons. The number of nitrogens with one attached hydrogen (secondary N) is 1. The predicted octanol–water partition coefficient (Wildman–Crippen LogP) is 3.36. The molecule has 0 bridgehead atoms. The highest BCUT2D eigenvalue weighted by atomic mass is 32.2. The lowest BCUT2D eigenvalue weighted by molar-refractivity contribution is -0.118. The SMILES string of the molecule is C/C(=N/NC(=O)CSCc1ccccc1)c1ccc(C)o1. The maximum absolute atomic E-state index is 11.7. The van der Waals surface area contributed by atoms with Gasteiger partial charge < -0.3 is 4.42 Å². The summed E-state index contributed by atoms with van der Waals surface area (Å²) in [5.41, 5.74) is 4.41. The number of carbonyl (C=O) groups excluding carboxylic acids is 1. The summed E-state index contributed by atoms with van der Waals surface area (Å²) in [7, 11) is 0. The van der Waals surface area contributed by atoms with Crippen molar-refractivity contribution in [2.24, 2.45) is 5.10 Å². The van der Waals surface area contributed by atoms with Gasteiger partial charge in [0.25, 0.3) is 0 Å². The second kappa shape index (κ2) is 7.69. The average Bonchev–Trinajstić information content (AvgIpc) is 2.92. The summed E-state index contributed by atoms with van der Waals surface area (Å²) in [6.45, 7) is 3.67. The number of thioether (sulfide) groups is 1. The Hall–Kier alpha value is -2.01. The number of nitrogens with zero attached hydrogens (tertiary/aromatic N) is 1. The summed E-state index contributed by atoms with van der Waals surface area (Å²) in [6.07, 6.45) is 0. The molecule has 0 fully saturated rings. The van der Waals surface area contributed by atoms with Crippen molar-refractivity contribution in [2.45, 2.75) is 19.6 Å². The fraction of sp³-hybridized carbons (Fsp3) is 0.250. The second-order valence-electron chi connectivity index (χ2n) is 4.62. The van der Waals surface area contributed by atoms with Crippen LogP contribution in [0.25, 0.3) is 0 Å². The first-order valence-corrected chi connectivity index (χ1v) is 7.82. The van der Waals surface area contributed by atoms with Crippen LogP contribution in [0.3, 0.4) is 0 Å². The minimum Gasteiger partial charge on any atom is -0.460 e. The second-order valence-corrected chi connectivity index (χ2v) is 5.61. The third kappa shape index (κ3) is 5.11. The molecule has 4 nitrogen and oxygen atoms in total. The number of aryl methyl sites for hydroxylation is 1. The van der Waals surface area contributed by atoms with Crippen LogP contribution in [0.1, 0.15) is 24.0 Å². The molecule has 1 N–H and O–H groups in total. The quantitative estimate of drug-likeness (QED) is 0.657. The highest BCUT2D eigenvalue weighted by molar-refractivity contribution is 7.99. The predicted molar refractivity (Wildman–Crippen MR) is 86.4 cm³/mol. The molecule has 5 heteroatoms. The van der Waals surface area contributed by atoms with Crippen LogP contribution in [0.2, 0.25) is 0 Å². The summed E-state index contributed by atoms with van der Waals surface area (Å²) in [4.78, 5) is 11.7. The summed E-state index contributed by atoms with van der Waals surface area (Å²) in [6, 6.07) is 13.8. The van der Waals surface area contributed by atoms with Gasteiger partial charge in [-0.25, -0.2) is 5.43 Å². The molecule has 0 aliphatic rings. The number of amides is 1. The van der Waals surface area contributed by atoms with Gasteiger partial charge in [-0.2, -0.15) is 5.10 Å². The summed E-state index contributed by atoms with van der Waals surface area (Å²) in [5, 5.41) is 4.04. The number of furan rings is 1. The molecule has 0 radical (unpaired) electrons. The first kappa shape index (κ1) is 15.4. The number of benzene rings is 1. The lowest BCUT2D eigenvalue weighted by atomic mass is 10.2. The van der Waals surface area contributed by atoms with Gasteiger partial charge in [-0.3, -0.25) is 4.79 Å². The van der Waals surface area contributed by atoms with Crippen LogP contribution in [-0.2, 0) is 10.5 Å². The Labute approximate surface area is 128 Å². The Bertz CT molecular complexity index is 620. The first-order valence-electron chi connectivity index (χ1n) is 6.67. The zero-order chi connectivity index (χ0) is 15.1. The van der Waals surface area contributed by atoms with Crippen molar-refractivity contribution in [1.29, 1.82) is 0 Å². The largest absolute Gasteiger partial charge is 0.460 e. The minimum absolute atomic E-state index is 0.112. The topological polar surface area (TPSA) is 54.6 Å². The van der Waals surface area contributed by atoms with Crippen LogP contribution >= 0.6 is 11.8 Å². The van der Waals surface area contributed by atoms with Gasteiger partial charge in [0.1, 0.15) is 17.2 Å². The van der Waals surface area contributed by atoms with Crippen LogP contribution < -0.4 is 5.43 Å². The zero-order valence-electron chi connectivity index (χ0n) is 12.1. The Kier molecular flexibility index (Phi) is 5.63. The van der Waals surface area contributed by atoms with Crippen LogP contribution in [0, 0.1) is 6.92 Å². The average molecular weight is 302 g/mol. The van der Waals surface area contributed by atoms with E-state index in [4.69, 9.17) is 4.42 Å². The van der Waals surface area contributed by atoms with Crippen LogP contribution in [0.4, 0.5) is 0 Å². The number of carbonyl (C=O) groups is 1. The van der Waals surface area contributed by atoms with Crippen molar-refractivity contribution in [3.8, 4) is 0 Å². The molecule has 0 aliphatic heterocycles. The minimum atomic E-state index is -0.112. The van der Waals surface area contributed by atoms with Gasteiger partial charge in [0.15, 0.2) is 0 Å². The van der Waals surface area contributed by atoms with E-state index in [1.54, 1.807) is 18.7 Å². The summed E-state index contributed by atoms with van der Waals surface area (Å²) in [5.74, 6) is 2.57. The normalized spacial score (nSPS) is 11.4. The van der Waals surface area contributed by atoms with Gasteiger partial charge in [0, 0.05) is 5.75 Å². The van der Waals surface area contributed by atoms with E-state index >= 15 is 0 Å². The number of hydrogen-bond acceptors (Lipinski definition) is 4. The Morgan fingerprint density at radius 1 is 1.24 bits per heavy atom. The van der Waals surface area contributed by atoms with Crippen molar-refractivity contribution in [3.63, 3.8) is 0 Å². The van der Waals surface area contributed by atoms with Crippen LogP contribution in [0.15, 0.2) is 52.0 Å². The monoisotopic (exact) mass is 302 g/mol. The Morgan fingerprint density at radius 2 is 2.00 bits per heavy atom. The van der Waals surface area contributed by atoms with Crippen molar-refractivity contribution in [3.05, 3.63) is 59.5 Å². The Balaban J connectivity index is 1.74. The molecule has 2 rings (SSSR count). The third-order valence-corrected chi connectivity index (χ3v) is 3.79. The molecule has 21 heavy (non-hydrogen) atoms. The van der Waals surface area contributed by atoms with Crippen molar-refractivity contribution in [1.82, 2.24) is 5.43 Å². The molecule has 0 saturated carbocycles. The van der Waals surface area contributed by atoms with Crippen molar-refractivity contribution >= 4 is 23.4 Å². The molecular weight excluding hydrogens is 284 g/mol. The van der Waals surface area contributed by atoms with Gasteiger partial charge in [0.2, 0.25) is 5.91 Å². The van der Waals surface area contributed by atoms with Gasteiger partial charge >= 0.3 is 0 Å². The number of hydrazone groups is 1. The molecule has 1 aromatic carbocycles. The zero-order valence-corrected chi connectivity index (χ0v) is 12.9. The molecule has 0 aliphatic carbocycles. The molecule has 1 heterocycles. The van der Waals surface area contributed by atoms with Gasteiger partial charge in [-0.05, 0) is 31.5 Å². The standard InChI is InChI=1S/C16H18N2O2S/c1-12-8-9-15(20-12)13(2)17-18-16(19)11-21-10-14-6-4-3-5-7-14/h3-9H,10-11H2,1-2H3,(H,18,19)/b17-13-. The van der Waals surface area contributed by atoms with Crippen LogP contribution in [0.5, 0.6) is 0 Å². The van der Waals surface area contributed by atoms with E-state index in [0.717, 1.165) is 11.5 Å². The van der Waals surface area contributed by atoms with E-state index in [9.17, 15) is 4.79 Å². The first-order chi connectivity index (χ1) is 10.1. The van der Waals surface area contributed by atoms with Gasteiger partial charge in [-0.15, -0.1) is 11.8 Å². The summed E-state index contributed by atoms with van der Waals surface area (Å²) >= 11 is 1.56. The molecule has 0 saturated heterocycles. The molecule has 1 aromatic heterocycles. The van der Waals surface area contributed by atoms with E-state index in [2.05, 4.69) is 10.5 Å².